The fourth-order valence-corrected chi connectivity index (χ4v) is 5.11. The van der Waals surface area contributed by atoms with Crippen LogP contribution in [-0.4, -0.2) is 24.8 Å². The lowest BCUT2D eigenvalue weighted by Gasteiger charge is -2.26. The molecule has 3 aromatic carbocycles. The van der Waals surface area contributed by atoms with Gasteiger partial charge in [-0.15, -0.1) is 5.06 Å². The Kier molecular flexibility index (Phi) is 6.00. The minimum atomic E-state index is 0.530. The summed E-state index contributed by atoms with van der Waals surface area (Å²) < 4.78 is 5.49. The van der Waals surface area contributed by atoms with E-state index < -0.39 is 0 Å². The van der Waals surface area contributed by atoms with Gasteiger partial charge in [-0.2, -0.15) is 0 Å². The SMILES string of the molecule is CCC1CCCN1Oc1ccc(C2=C(c3ccccc3)CCc3cc(OC)ccc32)cc1. The lowest BCUT2D eigenvalue weighted by Crippen LogP contribution is -2.32. The van der Waals surface area contributed by atoms with Crippen LogP contribution in [0.5, 0.6) is 11.5 Å². The maximum Gasteiger partial charge on any atom is 0.147 e. The molecule has 3 aromatic rings. The van der Waals surface area contributed by atoms with E-state index in [9.17, 15) is 0 Å². The average molecular weight is 426 g/mol. The predicted molar refractivity (Wildman–Crippen MR) is 131 cm³/mol. The van der Waals surface area contributed by atoms with E-state index in [1.807, 2.05) is 0 Å². The topological polar surface area (TPSA) is 21.7 Å². The molecule has 5 rings (SSSR count). The fraction of sp³-hybridized carbons (Fsp3) is 0.310. The van der Waals surface area contributed by atoms with Crippen molar-refractivity contribution in [2.45, 2.75) is 45.1 Å². The summed E-state index contributed by atoms with van der Waals surface area (Å²) in [5.41, 5.74) is 7.90. The number of nitrogens with zero attached hydrogens (tertiary/aromatic N) is 1. The van der Waals surface area contributed by atoms with Crippen LogP contribution in [-0.2, 0) is 6.42 Å². The van der Waals surface area contributed by atoms with Gasteiger partial charge < -0.3 is 9.57 Å². The molecule has 1 heterocycles. The molecule has 0 N–H and O–H groups in total. The number of fused-ring (bicyclic) bond motifs is 1. The van der Waals surface area contributed by atoms with Crippen LogP contribution in [0.25, 0.3) is 11.1 Å². The van der Waals surface area contributed by atoms with Gasteiger partial charge in [0, 0.05) is 12.6 Å². The number of methoxy groups -OCH3 is 1. The van der Waals surface area contributed by atoms with Crippen molar-refractivity contribution in [1.82, 2.24) is 5.06 Å². The van der Waals surface area contributed by atoms with Crippen LogP contribution in [0.2, 0.25) is 0 Å². The quantitative estimate of drug-likeness (QED) is 0.435. The maximum absolute atomic E-state index is 6.23. The summed E-state index contributed by atoms with van der Waals surface area (Å²) in [5, 5.41) is 2.16. The normalized spacial score (nSPS) is 18.5. The second-order valence-electron chi connectivity index (χ2n) is 8.70. The number of rotatable bonds is 6. The third-order valence-electron chi connectivity index (χ3n) is 6.81. The summed E-state index contributed by atoms with van der Waals surface area (Å²) in [4.78, 5) is 6.23. The summed E-state index contributed by atoms with van der Waals surface area (Å²) in [7, 11) is 1.74. The zero-order chi connectivity index (χ0) is 21.9. The minimum Gasteiger partial charge on any atom is -0.497 e. The molecule has 0 radical (unpaired) electrons. The zero-order valence-electron chi connectivity index (χ0n) is 19.0. The molecule has 1 aliphatic carbocycles. The minimum absolute atomic E-state index is 0.530. The van der Waals surface area contributed by atoms with Gasteiger partial charge in [0.25, 0.3) is 0 Å². The number of benzene rings is 3. The van der Waals surface area contributed by atoms with Crippen molar-refractivity contribution in [2.75, 3.05) is 13.7 Å². The van der Waals surface area contributed by atoms with Gasteiger partial charge in [0.15, 0.2) is 0 Å². The lowest BCUT2D eigenvalue weighted by molar-refractivity contribution is -0.0710. The molecule has 32 heavy (non-hydrogen) atoms. The molecule has 0 spiro atoms. The van der Waals surface area contributed by atoms with Crippen molar-refractivity contribution >= 4 is 11.1 Å². The van der Waals surface area contributed by atoms with E-state index in [0.29, 0.717) is 6.04 Å². The number of hydrogen-bond acceptors (Lipinski definition) is 3. The zero-order valence-corrected chi connectivity index (χ0v) is 19.0. The van der Waals surface area contributed by atoms with Crippen molar-refractivity contribution in [2.24, 2.45) is 0 Å². The highest BCUT2D eigenvalue weighted by Crippen LogP contribution is 2.42. The first-order valence-corrected chi connectivity index (χ1v) is 11.8. The first-order valence-electron chi connectivity index (χ1n) is 11.8. The molecule has 164 valence electrons. The molecule has 0 saturated carbocycles. The monoisotopic (exact) mass is 425 g/mol. The Morgan fingerprint density at radius 3 is 2.41 bits per heavy atom. The van der Waals surface area contributed by atoms with Crippen LogP contribution in [0.4, 0.5) is 0 Å². The summed E-state index contributed by atoms with van der Waals surface area (Å²) >= 11 is 0. The maximum atomic E-state index is 6.23. The summed E-state index contributed by atoms with van der Waals surface area (Å²) in [5.74, 6) is 1.84. The standard InChI is InChI=1S/C29H31NO2/c1-3-24-10-7-19-30(24)32-25-14-11-22(12-15-25)29-27(21-8-5-4-6-9-21)17-13-23-20-26(31-2)16-18-28(23)29/h4-6,8-9,11-12,14-16,18,20,24H,3,7,10,13,17,19H2,1-2H3. The van der Waals surface area contributed by atoms with Crippen LogP contribution in [0.3, 0.4) is 0 Å². The third-order valence-corrected chi connectivity index (χ3v) is 6.81. The average Bonchev–Trinajstić information content (AvgIpc) is 3.31. The Morgan fingerprint density at radius 2 is 1.66 bits per heavy atom. The van der Waals surface area contributed by atoms with Gasteiger partial charge in [0.05, 0.1) is 7.11 Å². The van der Waals surface area contributed by atoms with Gasteiger partial charge in [0.1, 0.15) is 11.5 Å². The predicted octanol–water partition coefficient (Wildman–Crippen LogP) is 6.77. The molecule has 0 amide bonds. The number of ether oxygens (including phenoxy) is 1. The van der Waals surface area contributed by atoms with Gasteiger partial charge in [-0.3, -0.25) is 0 Å². The third kappa shape index (κ3) is 4.05. The number of hydroxylamine groups is 2. The van der Waals surface area contributed by atoms with E-state index in [1.54, 1.807) is 7.11 Å². The molecule has 3 heteroatoms. The van der Waals surface area contributed by atoms with Crippen LogP contribution in [0.1, 0.15) is 54.9 Å². The number of hydrogen-bond donors (Lipinski definition) is 0. The Morgan fingerprint density at radius 1 is 0.875 bits per heavy atom. The Hall–Kier alpha value is -3.04. The molecule has 1 fully saturated rings. The van der Waals surface area contributed by atoms with Crippen LogP contribution >= 0.6 is 0 Å². The molecule has 0 bridgehead atoms. The smallest absolute Gasteiger partial charge is 0.147 e. The van der Waals surface area contributed by atoms with Crippen molar-refractivity contribution in [3.05, 3.63) is 95.1 Å². The molecule has 2 aliphatic rings. The largest absolute Gasteiger partial charge is 0.497 e. The molecule has 0 aromatic heterocycles. The molecule has 1 atom stereocenters. The molecule has 1 unspecified atom stereocenters. The van der Waals surface area contributed by atoms with E-state index >= 15 is 0 Å². The van der Waals surface area contributed by atoms with Gasteiger partial charge >= 0.3 is 0 Å². The van der Waals surface area contributed by atoms with E-state index in [-0.39, 0.29) is 0 Å². The van der Waals surface area contributed by atoms with Gasteiger partial charge in [-0.25, -0.2) is 0 Å². The summed E-state index contributed by atoms with van der Waals surface area (Å²) in [6.45, 7) is 3.25. The summed E-state index contributed by atoms with van der Waals surface area (Å²) in [6.07, 6.45) is 5.61. The van der Waals surface area contributed by atoms with Crippen molar-refractivity contribution in [3.63, 3.8) is 0 Å². The van der Waals surface area contributed by atoms with E-state index in [2.05, 4.69) is 84.8 Å². The van der Waals surface area contributed by atoms with Gasteiger partial charge in [-0.1, -0.05) is 55.5 Å². The number of aryl methyl sites for hydroxylation is 1. The molecular weight excluding hydrogens is 394 g/mol. The lowest BCUT2D eigenvalue weighted by atomic mass is 9.79. The second kappa shape index (κ2) is 9.22. The van der Waals surface area contributed by atoms with E-state index in [4.69, 9.17) is 9.57 Å². The highest BCUT2D eigenvalue weighted by Gasteiger charge is 2.25. The molecule has 1 saturated heterocycles. The van der Waals surface area contributed by atoms with Crippen LogP contribution in [0.15, 0.2) is 72.8 Å². The van der Waals surface area contributed by atoms with Gasteiger partial charge in [-0.05, 0) is 89.8 Å². The molecule has 3 nitrogen and oxygen atoms in total. The number of allylic oxidation sites excluding steroid dienone is 1. The fourth-order valence-electron chi connectivity index (χ4n) is 5.11. The van der Waals surface area contributed by atoms with Gasteiger partial charge in [0.2, 0.25) is 0 Å². The van der Waals surface area contributed by atoms with Crippen LogP contribution < -0.4 is 9.57 Å². The molecule has 1 aliphatic heterocycles. The van der Waals surface area contributed by atoms with Crippen molar-refractivity contribution in [1.29, 1.82) is 0 Å². The Labute approximate surface area is 191 Å². The van der Waals surface area contributed by atoms with E-state index in [0.717, 1.165) is 37.3 Å². The summed E-state index contributed by atoms with van der Waals surface area (Å²) in [6, 6.07) is 26.4. The van der Waals surface area contributed by atoms with Crippen molar-refractivity contribution < 1.29 is 9.57 Å². The molecular formula is C29H31NO2. The highest BCUT2D eigenvalue weighted by molar-refractivity contribution is 6.00. The second-order valence-corrected chi connectivity index (χ2v) is 8.70. The Bertz CT molecular complexity index is 1100. The van der Waals surface area contributed by atoms with E-state index in [1.165, 1.54) is 46.2 Å². The first-order chi connectivity index (χ1) is 15.8. The first kappa shape index (κ1) is 20.8. The Balaban J connectivity index is 1.53. The highest BCUT2D eigenvalue weighted by atomic mass is 16.7. The van der Waals surface area contributed by atoms with Crippen molar-refractivity contribution in [3.8, 4) is 11.5 Å². The van der Waals surface area contributed by atoms with Crippen LogP contribution in [0, 0.1) is 0 Å².